The third-order valence-corrected chi connectivity index (χ3v) is 3.41. The number of rotatable bonds is 2. The van der Waals surface area contributed by atoms with Crippen LogP contribution in [0.2, 0.25) is 0 Å². The summed E-state index contributed by atoms with van der Waals surface area (Å²) in [4.78, 5) is 4.72. The lowest BCUT2D eigenvalue weighted by molar-refractivity contribution is 0.590. The summed E-state index contributed by atoms with van der Waals surface area (Å²) in [7, 11) is 0. The first kappa shape index (κ1) is 11.4. The van der Waals surface area contributed by atoms with E-state index >= 15 is 0 Å². The number of hydrogen-bond donors (Lipinski definition) is 1. The van der Waals surface area contributed by atoms with Gasteiger partial charge in [0.2, 0.25) is 0 Å². The number of aromatic nitrogens is 2. The molecule has 0 saturated carbocycles. The van der Waals surface area contributed by atoms with Crippen molar-refractivity contribution in [2.75, 3.05) is 6.54 Å². The third kappa shape index (κ3) is 1.82. The van der Waals surface area contributed by atoms with Crippen LogP contribution in [0, 0.1) is 5.82 Å². The van der Waals surface area contributed by atoms with Gasteiger partial charge in [-0.25, -0.2) is 9.37 Å². The monoisotopic (exact) mass is 245 g/mol. The van der Waals surface area contributed by atoms with Crippen molar-refractivity contribution in [1.29, 1.82) is 0 Å². The fourth-order valence-corrected chi connectivity index (χ4v) is 2.51. The van der Waals surface area contributed by atoms with Crippen molar-refractivity contribution >= 4 is 0 Å². The van der Waals surface area contributed by atoms with Crippen LogP contribution in [0.4, 0.5) is 4.39 Å². The van der Waals surface area contributed by atoms with Crippen molar-refractivity contribution < 1.29 is 4.39 Å². The summed E-state index contributed by atoms with van der Waals surface area (Å²) in [5.74, 6) is 0.742. The summed E-state index contributed by atoms with van der Waals surface area (Å²) >= 11 is 0. The zero-order chi connectivity index (χ0) is 12.5. The Kier molecular flexibility index (Phi) is 2.88. The van der Waals surface area contributed by atoms with Gasteiger partial charge in [0.05, 0.1) is 11.4 Å². The van der Waals surface area contributed by atoms with E-state index in [4.69, 9.17) is 4.98 Å². The summed E-state index contributed by atoms with van der Waals surface area (Å²) in [5.41, 5.74) is 3.42. The SMILES string of the molecule is CCn1c(-c2ccc(F)cc2)nc2c1CNCC2. The van der Waals surface area contributed by atoms with E-state index < -0.39 is 0 Å². The second-order valence-corrected chi connectivity index (χ2v) is 4.51. The zero-order valence-electron chi connectivity index (χ0n) is 10.4. The Morgan fingerprint density at radius 3 is 2.83 bits per heavy atom. The Bertz CT molecular complexity index is 557. The molecule has 1 aromatic heterocycles. The van der Waals surface area contributed by atoms with E-state index in [-0.39, 0.29) is 5.82 Å². The number of nitrogens with zero attached hydrogens (tertiary/aromatic N) is 2. The van der Waals surface area contributed by atoms with Crippen molar-refractivity contribution in [3.05, 3.63) is 41.5 Å². The van der Waals surface area contributed by atoms with Gasteiger partial charge in [0.15, 0.2) is 0 Å². The van der Waals surface area contributed by atoms with Gasteiger partial charge >= 0.3 is 0 Å². The van der Waals surface area contributed by atoms with Crippen LogP contribution in [0.15, 0.2) is 24.3 Å². The van der Waals surface area contributed by atoms with Crippen LogP contribution in [0.1, 0.15) is 18.3 Å². The molecule has 3 nitrogen and oxygen atoms in total. The second-order valence-electron chi connectivity index (χ2n) is 4.51. The minimum atomic E-state index is -0.209. The maximum atomic E-state index is 13.0. The van der Waals surface area contributed by atoms with E-state index in [2.05, 4.69) is 16.8 Å². The first-order valence-corrected chi connectivity index (χ1v) is 6.34. The second kappa shape index (κ2) is 4.53. The number of fused-ring (bicyclic) bond motifs is 1. The van der Waals surface area contributed by atoms with Crippen LogP contribution in [0.25, 0.3) is 11.4 Å². The molecule has 2 aromatic rings. The van der Waals surface area contributed by atoms with Crippen molar-refractivity contribution in [3.63, 3.8) is 0 Å². The molecule has 0 amide bonds. The van der Waals surface area contributed by atoms with E-state index in [1.165, 1.54) is 23.5 Å². The third-order valence-electron chi connectivity index (χ3n) is 3.41. The standard InChI is InChI=1S/C14H16FN3/c1-2-18-13-9-16-8-7-12(13)17-14(18)10-3-5-11(15)6-4-10/h3-6,16H,2,7-9H2,1H3. The molecule has 18 heavy (non-hydrogen) atoms. The fraction of sp³-hybridized carbons (Fsp3) is 0.357. The molecule has 0 aliphatic carbocycles. The molecule has 0 bridgehead atoms. The van der Waals surface area contributed by atoms with E-state index in [1.54, 1.807) is 12.1 Å². The molecular weight excluding hydrogens is 229 g/mol. The average molecular weight is 245 g/mol. The number of benzene rings is 1. The molecule has 0 spiro atoms. The minimum Gasteiger partial charge on any atom is -0.327 e. The van der Waals surface area contributed by atoms with Crippen LogP contribution in [0.3, 0.4) is 0 Å². The van der Waals surface area contributed by atoms with Crippen molar-refractivity contribution in [1.82, 2.24) is 14.9 Å². The van der Waals surface area contributed by atoms with Gasteiger partial charge < -0.3 is 9.88 Å². The zero-order valence-corrected chi connectivity index (χ0v) is 10.4. The molecule has 1 aromatic carbocycles. The Morgan fingerprint density at radius 2 is 2.11 bits per heavy atom. The van der Waals surface area contributed by atoms with Gasteiger partial charge in [-0.15, -0.1) is 0 Å². The number of hydrogen-bond acceptors (Lipinski definition) is 2. The number of imidazole rings is 1. The van der Waals surface area contributed by atoms with Gasteiger partial charge in [-0.3, -0.25) is 0 Å². The molecule has 0 unspecified atom stereocenters. The van der Waals surface area contributed by atoms with Gasteiger partial charge in [0.1, 0.15) is 11.6 Å². The van der Waals surface area contributed by atoms with E-state index in [9.17, 15) is 4.39 Å². The summed E-state index contributed by atoms with van der Waals surface area (Å²) in [6.07, 6.45) is 0.969. The van der Waals surface area contributed by atoms with Crippen molar-refractivity contribution in [2.45, 2.75) is 26.4 Å². The maximum Gasteiger partial charge on any atom is 0.140 e. The normalized spacial score (nSPS) is 14.6. The fourth-order valence-electron chi connectivity index (χ4n) is 2.51. The highest BCUT2D eigenvalue weighted by molar-refractivity contribution is 5.57. The molecule has 4 heteroatoms. The molecule has 94 valence electrons. The first-order chi connectivity index (χ1) is 8.79. The Balaban J connectivity index is 2.11. The Morgan fingerprint density at radius 1 is 1.33 bits per heavy atom. The van der Waals surface area contributed by atoms with Gasteiger partial charge in [-0.1, -0.05) is 0 Å². The first-order valence-electron chi connectivity index (χ1n) is 6.34. The van der Waals surface area contributed by atoms with Crippen molar-refractivity contribution in [2.24, 2.45) is 0 Å². The molecule has 1 N–H and O–H groups in total. The summed E-state index contributed by atoms with van der Waals surface area (Å²) in [6, 6.07) is 6.56. The highest BCUT2D eigenvalue weighted by Crippen LogP contribution is 2.24. The highest BCUT2D eigenvalue weighted by atomic mass is 19.1. The summed E-state index contributed by atoms with van der Waals surface area (Å²) < 4.78 is 15.2. The highest BCUT2D eigenvalue weighted by Gasteiger charge is 2.19. The molecular formula is C14H16FN3. The van der Waals surface area contributed by atoms with Crippen LogP contribution < -0.4 is 5.32 Å². The molecule has 0 fully saturated rings. The van der Waals surface area contributed by atoms with E-state index in [1.807, 2.05) is 0 Å². The lowest BCUT2D eigenvalue weighted by Gasteiger charge is -2.15. The van der Waals surface area contributed by atoms with E-state index in [0.717, 1.165) is 37.4 Å². The quantitative estimate of drug-likeness (QED) is 0.880. The van der Waals surface area contributed by atoms with Gasteiger partial charge in [-0.2, -0.15) is 0 Å². The topological polar surface area (TPSA) is 29.9 Å². The molecule has 2 heterocycles. The lowest BCUT2D eigenvalue weighted by atomic mass is 10.2. The lowest BCUT2D eigenvalue weighted by Crippen LogP contribution is -2.25. The smallest absolute Gasteiger partial charge is 0.140 e. The van der Waals surface area contributed by atoms with E-state index in [0.29, 0.717) is 0 Å². The number of halogens is 1. The Labute approximate surface area is 106 Å². The van der Waals surface area contributed by atoms with Gasteiger partial charge in [0.25, 0.3) is 0 Å². The number of nitrogens with one attached hydrogen (secondary N) is 1. The van der Waals surface area contributed by atoms with Gasteiger partial charge in [-0.05, 0) is 31.2 Å². The van der Waals surface area contributed by atoms with Crippen LogP contribution >= 0.6 is 0 Å². The summed E-state index contributed by atoms with van der Waals surface area (Å²) in [6.45, 7) is 4.86. The van der Waals surface area contributed by atoms with Crippen LogP contribution in [0.5, 0.6) is 0 Å². The molecule has 0 atom stereocenters. The van der Waals surface area contributed by atoms with Crippen LogP contribution in [-0.2, 0) is 19.5 Å². The van der Waals surface area contributed by atoms with Crippen molar-refractivity contribution in [3.8, 4) is 11.4 Å². The average Bonchev–Trinajstić information content (AvgIpc) is 2.78. The Hall–Kier alpha value is -1.68. The summed E-state index contributed by atoms with van der Waals surface area (Å²) in [5, 5.41) is 3.37. The van der Waals surface area contributed by atoms with Gasteiger partial charge in [0, 0.05) is 31.6 Å². The maximum absolute atomic E-state index is 13.0. The minimum absolute atomic E-state index is 0.209. The molecule has 1 aliphatic heterocycles. The largest absolute Gasteiger partial charge is 0.327 e. The predicted octanol–water partition coefficient (Wildman–Crippen LogP) is 2.35. The molecule has 0 saturated heterocycles. The van der Waals surface area contributed by atoms with Crippen LogP contribution in [-0.4, -0.2) is 16.1 Å². The molecule has 1 aliphatic rings. The molecule has 0 radical (unpaired) electrons. The molecule has 3 rings (SSSR count). The predicted molar refractivity (Wildman–Crippen MR) is 68.7 cm³/mol.